The number of rotatable bonds is 3. The van der Waals surface area contributed by atoms with E-state index in [9.17, 15) is 13.2 Å². The number of nitrogens with zero attached hydrogens (tertiary/aromatic N) is 2. The summed E-state index contributed by atoms with van der Waals surface area (Å²) in [4.78, 5) is 3.99. The van der Waals surface area contributed by atoms with Crippen molar-refractivity contribution < 1.29 is 13.2 Å². The largest absolute Gasteiger partial charge is 0.417 e. The third kappa shape index (κ3) is 3.55. The van der Waals surface area contributed by atoms with Crippen molar-refractivity contribution >= 4 is 40.6 Å². The first-order chi connectivity index (χ1) is 11.7. The Balaban J connectivity index is 2.08. The average Bonchev–Trinajstić information content (AvgIpc) is 3.00. The lowest BCUT2D eigenvalue weighted by atomic mass is 10.1. The van der Waals surface area contributed by atoms with Gasteiger partial charge in [-0.15, -0.1) is 0 Å². The van der Waals surface area contributed by atoms with Crippen LogP contribution in [0.1, 0.15) is 11.1 Å². The molecular formula is C17H11Cl3F3N2+. The summed E-state index contributed by atoms with van der Waals surface area (Å²) in [5.74, 6) is 0.260. The average molecular weight is 407 g/mol. The van der Waals surface area contributed by atoms with Gasteiger partial charge in [0.25, 0.3) is 5.82 Å². The molecule has 1 aromatic heterocycles. The number of hydrogen-bond acceptors (Lipinski definition) is 1. The number of pyridine rings is 1. The molecule has 25 heavy (non-hydrogen) atoms. The Morgan fingerprint density at radius 2 is 1.56 bits per heavy atom. The number of hydrogen-bond donors (Lipinski definition) is 0. The molecule has 0 saturated carbocycles. The van der Waals surface area contributed by atoms with Crippen LogP contribution in [0.2, 0.25) is 15.1 Å². The summed E-state index contributed by atoms with van der Waals surface area (Å²) in [6, 6.07) is 5.99. The van der Waals surface area contributed by atoms with E-state index in [1.165, 1.54) is 0 Å². The van der Waals surface area contributed by atoms with Crippen molar-refractivity contribution in [2.45, 2.75) is 12.7 Å². The SMILES string of the molecule is FC(F)(F)c1cnc([N+]2(Cc3c(Cl)cccc3Cl)C=CC=C2)c(Cl)c1. The molecule has 0 spiro atoms. The first-order valence-corrected chi connectivity index (χ1v) is 8.27. The predicted octanol–water partition coefficient (Wildman–Crippen LogP) is 6.61. The van der Waals surface area contributed by atoms with Crippen molar-refractivity contribution in [2.75, 3.05) is 0 Å². The van der Waals surface area contributed by atoms with Gasteiger partial charge in [0.2, 0.25) is 0 Å². The second-order valence-electron chi connectivity index (χ2n) is 5.50. The minimum Gasteiger partial charge on any atom is -0.217 e. The van der Waals surface area contributed by atoms with Crippen LogP contribution in [0.25, 0.3) is 0 Å². The van der Waals surface area contributed by atoms with Gasteiger partial charge in [-0.2, -0.15) is 13.2 Å². The van der Waals surface area contributed by atoms with Crippen LogP contribution < -0.4 is 4.48 Å². The van der Waals surface area contributed by atoms with E-state index in [4.69, 9.17) is 34.8 Å². The number of allylic oxidation sites excluding steroid dienone is 2. The maximum absolute atomic E-state index is 12.9. The third-order valence-electron chi connectivity index (χ3n) is 3.84. The van der Waals surface area contributed by atoms with Gasteiger partial charge in [0.05, 0.1) is 15.6 Å². The van der Waals surface area contributed by atoms with Crippen LogP contribution in [-0.4, -0.2) is 4.98 Å². The molecule has 2 nitrogen and oxygen atoms in total. The summed E-state index contributed by atoms with van der Waals surface area (Å²) in [6.07, 6.45) is 3.32. The first-order valence-electron chi connectivity index (χ1n) is 7.14. The molecule has 0 bridgehead atoms. The topological polar surface area (TPSA) is 12.9 Å². The number of aromatic nitrogens is 1. The number of halogens is 6. The van der Waals surface area contributed by atoms with Gasteiger partial charge in [0.15, 0.2) is 0 Å². The van der Waals surface area contributed by atoms with E-state index < -0.39 is 11.7 Å². The molecule has 0 N–H and O–H groups in total. The number of benzene rings is 1. The lowest BCUT2D eigenvalue weighted by molar-refractivity contribution is -0.137. The second-order valence-corrected chi connectivity index (χ2v) is 6.72. The fourth-order valence-electron chi connectivity index (χ4n) is 2.61. The highest BCUT2D eigenvalue weighted by atomic mass is 35.5. The summed E-state index contributed by atoms with van der Waals surface area (Å²) in [5.41, 5.74) is -0.248. The van der Waals surface area contributed by atoms with Gasteiger partial charge in [0, 0.05) is 11.8 Å². The minimum absolute atomic E-state index is 0.0135. The van der Waals surface area contributed by atoms with Crippen molar-refractivity contribution in [3.05, 3.63) is 81.2 Å². The Labute approximate surface area is 157 Å². The standard InChI is InChI=1S/C17H11Cl3F3N2/c18-13-4-3-5-14(19)12(13)10-25(6-1-2-7-25)16-15(20)8-11(9-24-16)17(21,22)23/h1-9H,10H2/q+1. The van der Waals surface area contributed by atoms with Gasteiger partial charge in [-0.05, 0) is 30.4 Å². The lowest BCUT2D eigenvalue weighted by Gasteiger charge is -2.29. The highest BCUT2D eigenvalue weighted by Crippen LogP contribution is 2.40. The van der Waals surface area contributed by atoms with Gasteiger partial charge >= 0.3 is 6.18 Å². The normalized spacial score (nSPS) is 15.8. The van der Waals surface area contributed by atoms with Gasteiger partial charge in [-0.3, -0.25) is 0 Å². The molecule has 2 aromatic rings. The molecule has 0 amide bonds. The maximum Gasteiger partial charge on any atom is 0.417 e. The fraction of sp³-hybridized carbons (Fsp3) is 0.118. The van der Waals surface area contributed by atoms with Crippen LogP contribution in [0.4, 0.5) is 19.0 Å². The van der Waals surface area contributed by atoms with Crippen molar-refractivity contribution in [3.63, 3.8) is 0 Å². The molecule has 0 aliphatic carbocycles. The maximum atomic E-state index is 12.9. The Morgan fingerprint density at radius 1 is 0.960 bits per heavy atom. The van der Waals surface area contributed by atoms with Gasteiger partial charge < -0.3 is 0 Å². The fourth-order valence-corrected chi connectivity index (χ4v) is 3.46. The smallest absolute Gasteiger partial charge is 0.217 e. The molecule has 8 heteroatoms. The van der Waals surface area contributed by atoms with Gasteiger partial charge in [-0.1, -0.05) is 40.9 Å². The van der Waals surface area contributed by atoms with E-state index in [-0.39, 0.29) is 21.9 Å². The summed E-state index contributed by atoms with van der Waals surface area (Å²) in [6.45, 7) is 0.267. The van der Waals surface area contributed by atoms with Crippen LogP contribution in [0, 0.1) is 0 Å². The Hall–Kier alpha value is -1.53. The van der Waals surface area contributed by atoms with E-state index in [2.05, 4.69) is 4.98 Å². The van der Waals surface area contributed by atoms with Crippen LogP contribution in [0.3, 0.4) is 0 Å². The Morgan fingerprint density at radius 3 is 2.08 bits per heavy atom. The summed E-state index contributed by atoms with van der Waals surface area (Å²) in [5, 5.41) is 0.831. The molecule has 0 saturated heterocycles. The molecule has 0 radical (unpaired) electrons. The van der Waals surface area contributed by atoms with Crippen molar-refractivity contribution in [3.8, 4) is 0 Å². The number of quaternary nitrogens is 1. The zero-order chi connectivity index (χ0) is 18.2. The van der Waals surface area contributed by atoms with Crippen LogP contribution in [0.5, 0.6) is 0 Å². The summed E-state index contributed by atoms with van der Waals surface area (Å²) >= 11 is 18.6. The van der Waals surface area contributed by atoms with E-state index in [1.807, 2.05) is 0 Å². The third-order valence-corrected chi connectivity index (χ3v) is 4.83. The number of alkyl halides is 3. The highest BCUT2D eigenvalue weighted by Gasteiger charge is 2.37. The van der Waals surface area contributed by atoms with E-state index >= 15 is 0 Å². The molecule has 1 aliphatic rings. The molecule has 0 atom stereocenters. The monoisotopic (exact) mass is 405 g/mol. The molecule has 3 rings (SSSR count). The molecular weight excluding hydrogens is 396 g/mol. The van der Waals surface area contributed by atoms with Gasteiger partial charge in [0.1, 0.15) is 24.0 Å². The minimum atomic E-state index is -4.51. The molecule has 130 valence electrons. The lowest BCUT2D eigenvalue weighted by Crippen LogP contribution is -2.37. The van der Waals surface area contributed by atoms with E-state index in [0.717, 1.165) is 12.3 Å². The van der Waals surface area contributed by atoms with Gasteiger partial charge in [-0.25, -0.2) is 9.47 Å². The zero-order valence-corrected chi connectivity index (χ0v) is 14.8. The molecule has 1 aromatic carbocycles. The Kier molecular flexibility index (Phi) is 4.86. The highest BCUT2D eigenvalue weighted by molar-refractivity contribution is 6.36. The second kappa shape index (κ2) is 6.65. The molecule has 2 heterocycles. The van der Waals surface area contributed by atoms with E-state index in [1.54, 1.807) is 42.8 Å². The first kappa shape index (κ1) is 18.3. The Bertz CT molecular complexity index is 844. The van der Waals surface area contributed by atoms with Crippen molar-refractivity contribution in [1.29, 1.82) is 0 Å². The summed E-state index contributed by atoms with van der Waals surface area (Å²) < 4.78 is 38.6. The zero-order valence-electron chi connectivity index (χ0n) is 12.6. The van der Waals surface area contributed by atoms with Crippen LogP contribution in [0.15, 0.2) is 55.0 Å². The predicted molar refractivity (Wildman–Crippen MR) is 94.5 cm³/mol. The van der Waals surface area contributed by atoms with Crippen LogP contribution >= 0.6 is 34.8 Å². The van der Waals surface area contributed by atoms with E-state index in [0.29, 0.717) is 15.6 Å². The van der Waals surface area contributed by atoms with Crippen LogP contribution in [-0.2, 0) is 12.7 Å². The van der Waals surface area contributed by atoms with Crippen molar-refractivity contribution in [2.24, 2.45) is 0 Å². The quantitative estimate of drug-likeness (QED) is 0.523. The summed E-state index contributed by atoms with van der Waals surface area (Å²) in [7, 11) is 0. The van der Waals surface area contributed by atoms with Crippen molar-refractivity contribution in [1.82, 2.24) is 9.47 Å². The molecule has 1 aliphatic heterocycles. The molecule has 0 fully saturated rings. The molecule has 0 unspecified atom stereocenters.